The third-order valence-electron chi connectivity index (χ3n) is 3.69. The fraction of sp³-hybridized carbons (Fsp3) is 0.600. The lowest BCUT2D eigenvalue weighted by atomic mass is 10.1. The molecule has 1 fully saturated rings. The van der Waals surface area contributed by atoms with Gasteiger partial charge in [-0.25, -0.2) is 18.2 Å². The topological polar surface area (TPSA) is 244 Å². The van der Waals surface area contributed by atoms with Crippen LogP contribution < -0.4 is 11.2 Å². The third kappa shape index (κ3) is 6.53. The molecule has 1 aromatic rings. The highest BCUT2D eigenvalue weighted by Gasteiger charge is 2.46. The predicted octanol–water partition coefficient (Wildman–Crippen LogP) is -2.55. The number of nitrogens with zero attached hydrogens (tertiary/aromatic N) is 1. The quantitative estimate of drug-likeness (QED) is 0.161. The molecule has 0 aliphatic carbocycles. The summed E-state index contributed by atoms with van der Waals surface area (Å²) in [5.74, 6) is 0. The number of aliphatic hydroxyl groups excluding tert-OH is 2. The summed E-state index contributed by atoms with van der Waals surface area (Å²) in [4.78, 5) is 51.6. The Morgan fingerprint density at radius 2 is 1.77 bits per heavy atom. The van der Waals surface area contributed by atoms with Gasteiger partial charge in [0.2, 0.25) is 0 Å². The zero-order valence-corrected chi connectivity index (χ0v) is 18.0. The van der Waals surface area contributed by atoms with Crippen molar-refractivity contribution in [2.45, 2.75) is 31.5 Å². The van der Waals surface area contributed by atoms with Crippen LogP contribution in [-0.2, 0) is 31.6 Å². The van der Waals surface area contributed by atoms with E-state index in [1.807, 2.05) is 4.98 Å². The Hall–Kier alpha value is -0.925. The van der Waals surface area contributed by atoms with E-state index < -0.39 is 65.5 Å². The second kappa shape index (κ2) is 8.90. The lowest BCUT2D eigenvalue weighted by molar-refractivity contribution is -0.0521. The number of ether oxygens (including phenoxy) is 1. The first-order valence-corrected chi connectivity index (χ1v) is 12.9. The van der Waals surface area contributed by atoms with E-state index >= 15 is 0 Å². The molecule has 1 aliphatic heterocycles. The van der Waals surface area contributed by atoms with Crippen molar-refractivity contribution in [1.29, 1.82) is 0 Å². The molecule has 2 rings (SSSR count). The summed E-state index contributed by atoms with van der Waals surface area (Å²) in [7, 11) is -14.8. The zero-order chi connectivity index (χ0) is 23.1. The molecule has 2 heterocycles. The van der Waals surface area contributed by atoms with Crippen LogP contribution in [0.1, 0.15) is 11.8 Å². The standard InChI is InChI=1S/C10H18BN2O14P3/c1-4-2-13(10(17)12-8(4)16)9-7(15)6(14)5(25-9)3-24-28(11,18)26-30(22,23)27-29(19,20)21/h2,5-7,9,14-15H,3,11H2,1H3,(H,22,23)(H,12,16,17)(H2,19,20,21)/t5-,6+,7?,9-,28?/m1/s1. The Labute approximate surface area is 168 Å². The van der Waals surface area contributed by atoms with Gasteiger partial charge in [-0.3, -0.25) is 18.9 Å². The molecule has 0 amide bonds. The molecule has 16 nitrogen and oxygen atoms in total. The van der Waals surface area contributed by atoms with Crippen molar-refractivity contribution in [3.8, 4) is 0 Å². The minimum absolute atomic E-state index is 0.106. The van der Waals surface area contributed by atoms with Gasteiger partial charge < -0.3 is 34.2 Å². The lowest BCUT2D eigenvalue weighted by Crippen LogP contribution is -2.38. The van der Waals surface area contributed by atoms with Crippen LogP contribution in [-0.4, -0.2) is 66.9 Å². The number of aromatic nitrogens is 2. The highest BCUT2D eigenvalue weighted by atomic mass is 31.3. The second-order valence-corrected chi connectivity index (χ2v) is 11.2. The summed E-state index contributed by atoms with van der Waals surface area (Å²) < 4.78 is 52.7. The van der Waals surface area contributed by atoms with E-state index in [0.29, 0.717) is 7.57 Å². The highest BCUT2D eigenvalue weighted by Crippen LogP contribution is 2.66. The van der Waals surface area contributed by atoms with Crippen LogP contribution in [0.4, 0.5) is 0 Å². The number of hydrogen-bond acceptors (Lipinski definition) is 11. The molecule has 1 aliphatic rings. The van der Waals surface area contributed by atoms with Gasteiger partial charge in [-0.2, -0.15) is 4.31 Å². The van der Waals surface area contributed by atoms with Crippen molar-refractivity contribution >= 4 is 30.7 Å². The molecule has 30 heavy (non-hydrogen) atoms. The number of hydrogen-bond donors (Lipinski definition) is 6. The average Bonchev–Trinajstić information content (AvgIpc) is 2.81. The van der Waals surface area contributed by atoms with E-state index in [9.17, 15) is 38.4 Å². The Kier molecular flexibility index (Phi) is 7.52. The first-order valence-electron chi connectivity index (χ1n) is 7.88. The molecule has 0 bridgehead atoms. The summed E-state index contributed by atoms with van der Waals surface area (Å²) in [6.07, 6.45) is -5.15. The molecule has 0 aromatic carbocycles. The summed E-state index contributed by atoms with van der Waals surface area (Å²) in [6.45, 7) is 0.584. The number of phosphoric acid groups is 2. The Bertz CT molecular complexity index is 1050. The summed E-state index contributed by atoms with van der Waals surface area (Å²) >= 11 is 0. The van der Waals surface area contributed by atoms with Crippen LogP contribution in [0.2, 0.25) is 0 Å². The minimum atomic E-state index is -5.48. The lowest BCUT2D eigenvalue weighted by Gasteiger charge is -2.21. The molecule has 0 radical (unpaired) electrons. The molecule has 6 atom stereocenters. The normalized spacial score (nSPS) is 28.7. The molecule has 3 unspecified atom stereocenters. The van der Waals surface area contributed by atoms with Crippen molar-refractivity contribution < 1.29 is 56.5 Å². The van der Waals surface area contributed by atoms with Crippen LogP contribution in [0.5, 0.6) is 0 Å². The molecule has 20 heteroatoms. The number of aromatic amines is 1. The van der Waals surface area contributed by atoms with Crippen LogP contribution >= 0.6 is 23.1 Å². The SMILES string of the molecule is BP(=O)(OC[C@H]1O[C@@H](n2cc(C)c(=O)[nH]c2=O)C(O)[C@H]1O)OP(=O)(O)OP(=O)(O)O. The van der Waals surface area contributed by atoms with E-state index in [2.05, 4.69) is 8.62 Å². The smallest absolute Gasteiger partial charge is 0.387 e. The van der Waals surface area contributed by atoms with Crippen molar-refractivity contribution in [3.63, 3.8) is 0 Å². The fourth-order valence-corrected chi connectivity index (χ4v) is 6.01. The van der Waals surface area contributed by atoms with Gasteiger partial charge in [-0.1, -0.05) is 0 Å². The van der Waals surface area contributed by atoms with E-state index in [0.717, 1.165) is 10.8 Å². The zero-order valence-electron chi connectivity index (χ0n) is 15.3. The Morgan fingerprint density at radius 1 is 1.17 bits per heavy atom. The van der Waals surface area contributed by atoms with Gasteiger partial charge in [0.15, 0.2) is 6.23 Å². The largest absolute Gasteiger partial charge is 0.487 e. The molecular weight excluding hydrogens is 476 g/mol. The molecule has 1 aromatic heterocycles. The van der Waals surface area contributed by atoms with Gasteiger partial charge >= 0.3 is 21.3 Å². The van der Waals surface area contributed by atoms with Gasteiger partial charge in [0.1, 0.15) is 18.3 Å². The van der Waals surface area contributed by atoms with Gasteiger partial charge in [0.05, 0.1) is 6.61 Å². The number of rotatable bonds is 8. The van der Waals surface area contributed by atoms with Crippen LogP contribution in [0.3, 0.4) is 0 Å². The van der Waals surface area contributed by atoms with Gasteiger partial charge in [-0.15, -0.1) is 0 Å². The number of nitrogens with one attached hydrogen (secondary N) is 1. The molecule has 6 N–H and O–H groups in total. The fourth-order valence-electron chi connectivity index (χ4n) is 2.44. The minimum Gasteiger partial charge on any atom is -0.387 e. The summed E-state index contributed by atoms with van der Waals surface area (Å²) in [6, 6.07) is 0. The monoisotopic (exact) mass is 494 g/mol. The average molecular weight is 494 g/mol. The van der Waals surface area contributed by atoms with Crippen LogP contribution in [0, 0.1) is 6.92 Å². The predicted molar refractivity (Wildman–Crippen MR) is 98.1 cm³/mol. The first-order chi connectivity index (χ1) is 13.5. The van der Waals surface area contributed by atoms with Crippen molar-refractivity contribution in [2.75, 3.05) is 6.61 Å². The van der Waals surface area contributed by atoms with E-state index in [-0.39, 0.29) is 5.56 Å². The second-order valence-electron chi connectivity index (χ2n) is 6.21. The first kappa shape index (κ1) is 25.3. The number of aliphatic hydroxyl groups is 2. The van der Waals surface area contributed by atoms with Crippen LogP contribution in [0.15, 0.2) is 15.8 Å². The van der Waals surface area contributed by atoms with Gasteiger partial charge in [0, 0.05) is 11.8 Å². The maximum absolute atomic E-state index is 12.1. The van der Waals surface area contributed by atoms with Crippen molar-refractivity contribution in [1.82, 2.24) is 9.55 Å². The maximum atomic E-state index is 12.1. The van der Waals surface area contributed by atoms with E-state index in [1.165, 1.54) is 6.92 Å². The van der Waals surface area contributed by atoms with Gasteiger partial charge in [0.25, 0.3) is 20.6 Å². The van der Waals surface area contributed by atoms with Gasteiger partial charge in [-0.05, 0) is 6.92 Å². The Balaban J connectivity index is 2.09. The molecule has 0 saturated carbocycles. The summed E-state index contributed by atoms with van der Waals surface area (Å²) in [5, 5.41) is 20.2. The molecule has 0 spiro atoms. The number of H-pyrrole nitrogens is 1. The Morgan fingerprint density at radius 3 is 2.33 bits per heavy atom. The molecule has 170 valence electrons. The van der Waals surface area contributed by atoms with E-state index in [4.69, 9.17) is 19.0 Å². The number of aryl methyl sites for hydroxylation is 1. The summed E-state index contributed by atoms with van der Waals surface area (Å²) in [5.41, 5.74) is -1.50. The molecule has 1 saturated heterocycles. The maximum Gasteiger partial charge on any atom is 0.487 e. The third-order valence-corrected chi connectivity index (χ3v) is 8.00. The molecular formula is C10H18BN2O14P3. The van der Waals surface area contributed by atoms with Crippen molar-refractivity contribution in [2.24, 2.45) is 0 Å². The van der Waals surface area contributed by atoms with Crippen LogP contribution in [0.25, 0.3) is 0 Å². The highest BCUT2D eigenvalue weighted by molar-refractivity contribution is 7.84. The van der Waals surface area contributed by atoms with E-state index in [1.54, 1.807) is 0 Å². The van der Waals surface area contributed by atoms with Crippen molar-refractivity contribution in [3.05, 3.63) is 32.6 Å².